The van der Waals surface area contributed by atoms with E-state index in [0.717, 1.165) is 11.1 Å². The first-order valence-corrected chi connectivity index (χ1v) is 7.56. The second-order valence-corrected chi connectivity index (χ2v) is 6.08. The smallest absolute Gasteiger partial charge is 0.181 e. The highest BCUT2D eigenvalue weighted by molar-refractivity contribution is 6.34. The summed E-state index contributed by atoms with van der Waals surface area (Å²) in [5, 5.41) is 8.79. The Labute approximate surface area is 142 Å². The summed E-state index contributed by atoms with van der Waals surface area (Å²) in [5.41, 5.74) is 8.04. The molecule has 0 saturated heterocycles. The Morgan fingerprint density at radius 3 is 2.41 bits per heavy atom. The van der Waals surface area contributed by atoms with Gasteiger partial charge in [-0.3, -0.25) is 5.10 Å². The van der Waals surface area contributed by atoms with Gasteiger partial charge >= 0.3 is 0 Å². The third kappa shape index (κ3) is 3.35. The zero-order chi connectivity index (χ0) is 15.7. The van der Waals surface area contributed by atoms with Crippen molar-refractivity contribution in [2.45, 2.75) is 6.42 Å². The summed E-state index contributed by atoms with van der Waals surface area (Å²) in [6.07, 6.45) is 0.552. The summed E-state index contributed by atoms with van der Waals surface area (Å²) >= 11 is 17.9. The molecule has 112 valence electrons. The Morgan fingerprint density at radius 2 is 1.73 bits per heavy atom. The lowest BCUT2D eigenvalue weighted by Gasteiger charge is -2.01. The van der Waals surface area contributed by atoms with Gasteiger partial charge in [-0.1, -0.05) is 34.8 Å². The first kappa shape index (κ1) is 15.2. The quantitative estimate of drug-likeness (QED) is 0.676. The maximum atomic E-state index is 5.99. The molecule has 0 aliphatic carbocycles. The molecule has 1 aromatic heterocycles. The van der Waals surface area contributed by atoms with Crippen molar-refractivity contribution in [2.75, 3.05) is 5.73 Å². The van der Waals surface area contributed by atoms with E-state index in [9.17, 15) is 0 Å². The molecule has 7 heteroatoms. The van der Waals surface area contributed by atoms with Gasteiger partial charge in [-0.15, -0.1) is 0 Å². The van der Waals surface area contributed by atoms with Crippen LogP contribution in [0, 0.1) is 0 Å². The lowest BCUT2D eigenvalue weighted by molar-refractivity contribution is 0.973. The third-order valence-corrected chi connectivity index (χ3v) is 3.86. The minimum atomic E-state index is 0.493. The lowest BCUT2D eigenvalue weighted by atomic mass is 10.1. The topological polar surface area (TPSA) is 67.6 Å². The van der Waals surface area contributed by atoms with Gasteiger partial charge in [-0.2, -0.15) is 5.10 Å². The molecule has 1 heterocycles. The molecule has 0 bridgehead atoms. The second kappa shape index (κ2) is 6.16. The number of anilines is 1. The number of nitrogens with two attached hydrogens (primary N) is 1. The van der Waals surface area contributed by atoms with Crippen LogP contribution in [0.2, 0.25) is 15.1 Å². The minimum absolute atomic E-state index is 0.493. The summed E-state index contributed by atoms with van der Waals surface area (Å²) in [6, 6.07) is 10.7. The van der Waals surface area contributed by atoms with Crippen LogP contribution in [-0.4, -0.2) is 15.2 Å². The number of nitrogens with zero attached hydrogens (tertiary/aromatic N) is 2. The van der Waals surface area contributed by atoms with Crippen LogP contribution in [0.3, 0.4) is 0 Å². The summed E-state index contributed by atoms with van der Waals surface area (Å²) in [7, 11) is 0. The first-order valence-electron chi connectivity index (χ1n) is 6.43. The molecule has 2 aromatic carbocycles. The Bertz CT molecular complexity index is 809. The van der Waals surface area contributed by atoms with E-state index in [0.29, 0.717) is 38.8 Å². The van der Waals surface area contributed by atoms with Crippen LogP contribution in [-0.2, 0) is 6.42 Å². The van der Waals surface area contributed by atoms with Crippen LogP contribution in [0.25, 0.3) is 11.4 Å². The number of benzene rings is 2. The molecule has 0 aliphatic heterocycles. The summed E-state index contributed by atoms with van der Waals surface area (Å²) in [4.78, 5) is 4.45. The molecule has 3 rings (SSSR count). The van der Waals surface area contributed by atoms with Crippen LogP contribution < -0.4 is 5.73 Å². The van der Waals surface area contributed by atoms with Crippen molar-refractivity contribution in [3.63, 3.8) is 0 Å². The fraction of sp³-hybridized carbons (Fsp3) is 0.0667. The average Bonchev–Trinajstić information content (AvgIpc) is 2.89. The molecule has 3 aromatic rings. The largest absolute Gasteiger partial charge is 0.398 e. The van der Waals surface area contributed by atoms with Crippen LogP contribution in [0.4, 0.5) is 5.69 Å². The van der Waals surface area contributed by atoms with Gasteiger partial charge in [0.15, 0.2) is 5.82 Å². The molecule has 4 nitrogen and oxygen atoms in total. The number of rotatable bonds is 3. The predicted molar refractivity (Wildman–Crippen MR) is 90.5 cm³/mol. The number of aromatic nitrogens is 3. The Hall–Kier alpha value is -1.75. The summed E-state index contributed by atoms with van der Waals surface area (Å²) in [6.45, 7) is 0. The van der Waals surface area contributed by atoms with Gasteiger partial charge in [0.05, 0.1) is 10.7 Å². The predicted octanol–water partition coefficient (Wildman–Crippen LogP) is 4.60. The van der Waals surface area contributed by atoms with Gasteiger partial charge in [0.25, 0.3) is 0 Å². The SMILES string of the molecule is Nc1cc(-c2n[nH]c(Cc3cc(Cl)cc(Cl)c3)n2)ccc1Cl. The normalized spacial score (nSPS) is 10.9. The number of hydrogen-bond acceptors (Lipinski definition) is 3. The Kier molecular flexibility index (Phi) is 4.25. The van der Waals surface area contributed by atoms with E-state index in [1.54, 1.807) is 18.2 Å². The van der Waals surface area contributed by atoms with Gasteiger partial charge in [0.2, 0.25) is 0 Å². The van der Waals surface area contributed by atoms with Gasteiger partial charge in [-0.25, -0.2) is 4.98 Å². The molecule has 0 aliphatic rings. The molecule has 0 radical (unpaired) electrons. The molecule has 0 saturated carbocycles. The molecule has 3 N–H and O–H groups in total. The Balaban J connectivity index is 1.85. The van der Waals surface area contributed by atoms with E-state index in [2.05, 4.69) is 15.2 Å². The van der Waals surface area contributed by atoms with E-state index < -0.39 is 0 Å². The van der Waals surface area contributed by atoms with Gasteiger partial charge in [-0.05, 0) is 42.0 Å². The zero-order valence-corrected chi connectivity index (χ0v) is 13.5. The minimum Gasteiger partial charge on any atom is -0.398 e. The Morgan fingerprint density at radius 1 is 1.00 bits per heavy atom. The molecule has 0 amide bonds. The van der Waals surface area contributed by atoms with E-state index in [-0.39, 0.29) is 0 Å². The number of hydrogen-bond donors (Lipinski definition) is 2. The van der Waals surface area contributed by atoms with Crippen molar-refractivity contribution in [1.29, 1.82) is 0 Å². The van der Waals surface area contributed by atoms with Crippen molar-refractivity contribution < 1.29 is 0 Å². The standard InChI is InChI=1S/C15H11Cl3N4/c16-10-3-8(4-11(17)7-10)5-14-20-15(22-21-14)9-1-2-12(18)13(19)6-9/h1-4,6-7H,5,19H2,(H,20,21,22). The van der Waals surface area contributed by atoms with Gasteiger partial charge in [0, 0.05) is 22.0 Å². The maximum absolute atomic E-state index is 5.99. The van der Waals surface area contributed by atoms with E-state index in [1.165, 1.54) is 0 Å². The first-order chi connectivity index (χ1) is 10.5. The van der Waals surface area contributed by atoms with Crippen LogP contribution >= 0.6 is 34.8 Å². The lowest BCUT2D eigenvalue weighted by Crippen LogP contribution is -1.91. The van der Waals surface area contributed by atoms with Crippen molar-refractivity contribution in [1.82, 2.24) is 15.2 Å². The number of halogens is 3. The number of H-pyrrole nitrogens is 1. The molecule has 22 heavy (non-hydrogen) atoms. The molecule has 0 fully saturated rings. The van der Waals surface area contributed by atoms with Crippen molar-refractivity contribution >= 4 is 40.5 Å². The fourth-order valence-electron chi connectivity index (χ4n) is 2.09. The van der Waals surface area contributed by atoms with Crippen LogP contribution in [0.5, 0.6) is 0 Å². The van der Waals surface area contributed by atoms with E-state index in [4.69, 9.17) is 40.5 Å². The highest BCUT2D eigenvalue weighted by Gasteiger charge is 2.09. The van der Waals surface area contributed by atoms with Crippen molar-refractivity contribution in [3.05, 3.63) is 62.9 Å². The molecular weight excluding hydrogens is 343 g/mol. The van der Waals surface area contributed by atoms with Crippen LogP contribution in [0.1, 0.15) is 11.4 Å². The molecule has 0 unspecified atom stereocenters. The average molecular weight is 354 g/mol. The molecule has 0 atom stereocenters. The fourth-order valence-corrected chi connectivity index (χ4v) is 2.78. The van der Waals surface area contributed by atoms with E-state index in [1.807, 2.05) is 18.2 Å². The van der Waals surface area contributed by atoms with Gasteiger partial charge < -0.3 is 5.73 Å². The van der Waals surface area contributed by atoms with Crippen molar-refractivity contribution in [3.8, 4) is 11.4 Å². The molecular formula is C15H11Cl3N4. The maximum Gasteiger partial charge on any atom is 0.181 e. The van der Waals surface area contributed by atoms with Gasteiger partial charge in [0.1, 0.15) is 5.82 Å². The third-order valence-electron chi connectivity index (χ3n) is 3.08. The highest BCUT2D eigenvalue weighted by atomic mass is 35.5. The zero-order valence-electron chi connectivity index (χ0n) is 11.3. The molecule has 0 spiro atoms. The summed E-state index contributed by atoms with van der Waals surface area (Å²) < 4.78 is 0. The highest BCUT2D eigenvalue weighted by Crippen LogP contribution is 2.25. The van der Waals surface area contributed by atoms with E-state index >= 15 is 0 Å². The monoisotopic (exact) mass is 352 g/mol. The van der Waals surface area contributed by atoms with Crippen molar-refractivity contribution in [2.24, 2.45) is 0 Å². The number of nitrogen functional groups attached to an aromatic ring is 1. The second-order valence-electron chi connectivity index (χ2n) is 4.80. The van der Waals surface area contributed by atoms with Crippen LogP contribution in [0.15, 0.2) is 36.4 Å². The summed E-state index contributed by atoms with van der Waals surface area (Å²) in [5.74, 6) is 1.27. The number of aromatic amines is 1. The number of nitrogens with one attached hydrogen (secondary N) is 1.